The molecule has 0 aliphatic carbocycles. The lowest BCUT2D eigenvalue weighted by Gasteiger charge is -2.09. The Morgan fingerprint density at radius 1 is 1.50 bits per heavy atom. The van der Waals surface area contributed by atoms with E-state index in [1.165, 1.54) is 11.3 Å². The van der Waals surface area contributed by atoms with E-state index in [1.54, 1.807) is 10.9 Å². The van der Waals surface area contributed by atoms with Crippen LogP contribution in [0.1, 0.15) is 31.1 Å². The van der Waals surface area contributed by atoms with Crippen molar-refractivity contribution >= 4 is 11.3 Å². The van der Waals surface area contributed by atoms with E-state index in [1.807, 2.05) is 0 Å². The summed E-state index contributed by atoms with van der Waals surface area (Å²) in [7, 11) is 0. The highest BCUT2D eigenvalue weighted by molar-refractivity contribution is 7.07. The lowest BCUT2D eigenvalue weighted by Crippen LogP contribution is -2.08. The molecule has 14 heavy (non-hydrogen) atoms. The van der Waals surface area contributed by atoms with Gasteiger partial charge in [0.15, 0.2) is 0 Å². The number of halogens is 3. The Kier molecular flexibility index (Phi) is 3.88. The summed E-state index contributed by atoms with van der Waals surface area (Å²) in [6, 6.07) is 0. The molecule has 1 heterocycles. The average Bonchev–Trinajstić information content (AvgIpc) is 2.53. The van der Waals surface area contributed by atoms with E-state index in [9.17, 15) is 18.3 Å². The van der Waals surface area contributed by atoms with Crippen LogP contribution in [-0.4, -0.2) is 16.3 Å². The number of nitrogens with zero attached hydrogens (tertiary/aromatic N) is 1. The SMILES string of the molecule is OC(CCCC(F)(F)F)c1cscn1. The van der Waals surface area contributed by atoms with Gasteiger partial charge in [-0.15, -0.1) is 11.3 Å². The van der Waals surface area contributed by atoms with Crippen LogP contribution in [0.3, 0.4) is 0 Å². The molecule has 0 spiro atoms. The molecule has 1 rings (SSSR count). The van der Waals surface area contributed by atoms with Gasteiger partial charge < -0.3 is 5.11 Å². The highest BCUT2D eigenvalue weighted by atomic mass is 32.1. The summed E-state index contributed by atoms with van der Waals surface area (Å²) < 4.78 is 35.3. The minimum absolute atomic E-state index is 0.0673. The van der Waals surface area contributed by atoms with Crippen molar-refractivity contribution in [2.45, 2.75) is 31.5 Å². The molecular weight excluding hydrogens is 215 g/mol. The molecule has 0 bridgehead atoms. The Labute approximate surface area is 83.4 Å². The van der Waals surface area contributed by atoms with Gasteiger partial charge in [0.2, 0.25) is 0 Å². The van der Waals surface area contributed by atoms with E-state index in [4.69, 9.17) is 0 Å². The number of rotatable bonds is 4. The standard InChI is InChI=1S/C8H10F3NOS/c9-8(10,11)3-1-2-7(13)6-4-14-5-12-6/h4-5,7,13H,1-3H2. The second-order valence-corrected chi connectivity index (χ2v) is 3.66. The first-order valence-electron chi connectivity index (χ1n) is 4.12. The fraction of sp³-hybridized carbons (Fsp3) is 0.625. The molecule has 6 heteroatoms. The van der Waals surface area contributed by atoms with Crippen LogP contribution in [0.25, 0.3) is 0 Å². The quantitative estimate of drug-likeness (QED) is 0.854. The smallest absolute Gasteiger partial charge is 0.387 e. The van der Waals surface area contributed by atoms with Gasteiger partial charge in [-0.3, -0.25) is 0 Å². The number of thiazole rings is 1. The third-order valence-corrected chi connectivity index (χ3v) is 2.34. The molecule has 0 aliphatic heterocycles. The molecule has 1 aromatic heterocycles. The molecule has 0 saturated heterocycles. The van der Waals surface area contributed by atoms with Gasteiger partial charge >= 0.3 is 6.18 Å². The number of hydrogen-bond donors (Lipinski definition) is 1. The first kappa shape index (κ1) is 11.5. The maximum absolute atomic E-state index is 11.8. The summed E-state index contributed by atoms with van der Waals surface area (Å²) in [5.41, 5.74) is 2.00. The van der Waals surface area contributed by atoms with E-state index < -0.39 is 18.7 Å². The van der Waals surface area contributed by atoms with Crippen LogP contribution in [0.15, 0.2) is 10.9 Å². The lowest BCUT2D eigenvalue weighted by molar-refractivity contribution is -0.136. The predicted molar refractivity (Wildman–Crippen MR) is 47.0 cm³/mol. The van der Waals surface area contributed by atoms with Crippen LogP contribution in [0.4, 0.5) is 13.2 Å². The van der Waals surface area contributed by atoms with Crippen LogP contribution >= 0.6 is 11.3 Å². The van der Waals surface area contributed by atoms with Gasteiger partial charge in [0, 0.05) is 11.8 Å². The van der Waals surface area contributed by atoms with Crippen molar-refractivity contribution < 1.29 is 18.3 Å². The molecule has 80 valence electrons. The van der Waals surface area contributed by atoms with Crippen LogP contribution in [0.2, 0.25) is 0 Å². The molecule has 0 saturated carbocycles. The van der Waals surface area contributed by atoms with Gasteiger partial charge in [0.25, 0.3) is 0 Å². The Morgan fingerprint density at radius 2 is 2.21 bits per heavy atom. The minimum atomic E-state index is -4.14. The second kappa shape index (κ2) is 4.75. The van der Waals surface area contributed by atoms with Gasteiger partial charge in [0.05, 0.1) is 17.3 Å². The van der Waals surface area contributed by atoms with E-state index in [0.717, 1.165) is 0 Å². The molecule has 1 N–H and O–H groups in total. The second-order valence-electron chi connectivity index (χ2n) is 2.94. The summed E-state index contributed by atoms with van der Waals surface area (Å²) in [5, 5.41) is 11.0. The third kappa shape index (κ3) is 4.06. The van der Waals surface area contributed by atoms with Crippen LogP contribution in [0, 0.1) is 0 Å². The van der Waals surface area contributed by atoms with E-state index in [2.05, 4.69) is 4.98 Å². The molecule has 1 unspecified atom stereocenters. The van der Waals surface area contributed by atoms with Crippen molar-refractivity contribution in [1.29, 1.82) is 0 Å². The van der Waals surface area contributed by atoms with Gasteiger partial charge in [-0.05, 0) is 12.8 Å². The van der Waals surface area contributed by atoms with Crippen molar-refractivity contribution in [1.82, 2.24) is 4.98 Å². The normalized spacial score (nSPS) is 14.3. The van der Waals surface area contributed by atoms with Crippen molar-refractivity contribution in [3.63, 3.8) is 0 Å². The Morgan fingerprint density at radius 3 is 2.71 bits per heavy atom. The third-order valence-electron chi connectivity index (χ3n) is 1.73. The lowest BCUT2D eigenvalue weighted by atomic mass is 10.1. The van der Waals surface area contributed by atoms with Gasteiger partial charge in [-0.2, -0.15) is 13.2 Å². The summed E-state index contributed by atoms with van der Waals surface area (Å²) in [6.45, 7) is 0. The fourth-order valence-electron chi connectivity index (χ4n) is 1.03. The van der Waals surface area contributed by atoms with Crippen LogP contribution in [0.5, 0.6) is 0 Å². The van der Waals surface area contributed by atoms with E-state index in [-0.39, 0.29) is 12.8 Å². The molecular formula is C8H10F3NOS. The Bertz CT molecular complexity index is 260. The Balaban J connectivity index is 2.26. The molecule has 1 atom stereocenters. The first-order valence-corrected chi connectivity index (χ1v) is 5.06. The summed E-state index contributed by atoms with van der Waals surface area (Å²) in [6.07, 6.45) is -5.83. The summed E-state index contributed by atoms with van der Waals surface area (Å²) in [4.78, 5) is 3.82. The number of aromatic nitrogens is 1. The van der Waals surface area contributed by atoms with Crippen molar-refractivity contribution in [3.8, 4) is 0 Å². The van der Waals surface area contributed by atoms with E-state index >= 15 is 0 Å². The van der Waals surface area contributed by atoms with Crippen LogP contribution in [-0.2, 0) is 0 Å². The monoisotopic (exact) mass is 225 g/mol. The minimum Gasteiger partial charge on any atom is -0.387 e. The van der Waals surface area contributed by atoms with Crippen molar-refractivity contribution in [2.24, 2.45) is 0 Å². The maximum Gasteiger partial charge on any atom is 0.389 e. The fourth-order valence-corrected chi connectivity index (χ4v) is 1.63. The van der Waals surface area contributed by atoms with Gasteiger partial charge in [-0.25, -0.2) is 4.98 Å². The number of alkyl halides is 3. The van der Waals surface area contributed by atoms with Gasteiger partial charge in [-0.1, -0.05) is 0 Å². The molecule has 0 aromatic carbocycles. The maximum atomic E-state index is 11.8. The number of aliphatic hydroxyl groups is 1. The average molecular weight is 225 g/mol. The number of aliphatic hydroxyl groups excluding tert-OH is 1. The molecule has 1 aromatic rings. The first-order chi connectivity index (χ1) is 6.49. The molecule has 0 radical (unpaired) electrons. The molecule has 0 aliphatic rings. The largest absolute Gasteiger partial charge is 0.389 e. The zero-order valence-electron chi connectivity index (χ0n) is 7.29. The summed E-state index contributed by atoms with van der Waals surface area (Å²) >= 11 is 1.31. The summed E-state index contributed by atoms with van der Waals surface area (Å²) in [5.74, 6) is 0. The topological polar surface area (TPSA) is 33.1 Å². The molecule has 0 fully saturated rings. The molecule has 0 amide bonds. The highest BCUT2D eigenvalue weighted by Gasteiger charge is 2.26. The number of hydrogen-bond acceptors (Lipinski definition) is 3. The van der Waals surface area contributed by atoms with Crippen LogP contribution < -0.4 is 0 Å². The Hall–Kier alpha value is -0.620. The van der Waals surface area contributed by atoms with Gasteiger partial charge in [0.1, 0.15) is 0 Å². The molecule has 2 nitrogen and oxygen atoms in total. The van der Waals surface area contributed by atoms with Crippen molar-refractivity contribution in [2.75, 3.05) is 0 Å². The predicted octanol–water partition coefficient (Wildman–Crippen LogP) is 2.91. The van der Waals surface area contributed by atoms with Crippen molar-refractivity contribution in [3.05, 3.63) is 16.6 Å². The zero-order valence-corrected chi connectivity index (χ0v) is 8.11. The zero-order chi connectivity index (χ0) is 10.6. The van der Waals surface area contributed by atoms with E-state index in [0.29, 0.717) is 5.69 Å². The highest BCUT2D eigenvalue weighted by Crippen LogP contribution is 2.25.